The van der Waals surface area contributed by atoms with Crippen molar-refractivity contribution in [3.63, 3.8) is 0 Å². The van der Waals surface area contributed by atoms with Crippen LogP contribution in [0.15, 0.2) is 0 Å². The van der Waals surface area contributed by atoms with E-state index in [9.17, 15) is 9.59 Å². The number of likely N-dealkylation sites (N-methyl/N-ethyl adjacent to an activating group) is 1. The van der Waals surface area contributed by atoms with Gasteiger partial charge in [-0.25, -0.2) is 0 Å². The van der Waals surface area contributed by atoms with Crippen LogP contribution < -0.4 is 0 Å². The van der Waals surface area contributed by atoms with Crippen molar-refractivity contribution in [2.75, 3.05) is 33.9 Å². The Balaban J connectivity index is 3.94. The molecule has 1 atom stereocenters. The Labute approximate surface area is 96.7 Å². The van der Waals surface area contributed by atoms with Crippen LogP contribution in [0.5, 0.6) is 0 Å². The molecule has 16 heavy (non-hydrogen) atoms. The van der Waals surface area contributed by atoms with E-state index in [1.807, 2.05) is 6.92 Å². The van der Waals surface area contributed by atoms with Crippen LogP contribution in [0.2, 0.25) is 0 Å². The highest BCUT2D eigenvalue weighted by Gasteiger charge is 2.16. The smallest absolute Gasteiger partial charge is 0.325 e. The molecule has 5 nitrogen and oxygen atoms in total. The Morgan fingerprint density at radius 3 is 2.50 bits per heavy atom. The van der Waals surface area contributed by atoms with Crippen LogP contribution in [0, 0.1) is 5.92 Å². The van der Waals surface area contributed by atoms with Crippen LogP contribution >= 0.6 is 0 Å². The van der Waals surface area contributed by atoms with Crippen LogP contribution in [-0.4, -0.2) is 50.7 Å². The van der Waals surface area contributed by atoms with Gasteiger partial charge in [-0.2, -0.15) is 0 Å². The van der Waals surface area contributed by atoms with Gasteiger partial charge in [-0.15, -0.1) is 0 Å². The SMILES string of the molecule is CCOC(=O)CN(C)C(=O)CC(C)COC. The summed E-state index contributed by atoms with van der Waals surface area (Å²) in [5.74, 6) is -0.294. The molecule has 0 fully saturated rings. The van der Waals surface area contributed by atoms with Gasteiger partial charge in [0.25, 0.3) is 0 Å². The Morgan fingerprint density at radius 1 is 1.38 bits per heavy atom. The van der Waals surface area contributed by atoms with Gasteiger partial charge >= 0.3 is 5.97 Å². The fraction of sp³-hybridized carbons (Fsp3) is 0.818. The predicted octanol–water partition coefficient (Wildman–Crippen LogP) is 0.680. The van der Waals surface area contributed by atoms with E-state index >= 15 is 0 Å². The number of methoxy groups -OCH3 is 1. The highest BCUT2D eigenvalue weighted by Crippen LogP contribution is 2.04. The quantitative estimate of drug-likeness (QED) is 0.605. The lowest BCUT2D eigenvalue weighted by Gasteiger charge is -2.18. The van der Waals surface area contributed by atoms with Crippen molar-refractivity contribution in [1.29, 1.82) is 0 Å². The molecule has 0 aromatic rings. The largest absolute Gasteiger partial charge is 0.465 e. The normalized spacial score (nSPS) is 12.0. The fourth-order valence-corrected chi connectivity index (χ4v) is 1.29. The maximum Gasteiger partial charge on any atom is 0.325 e. The Bertz CT molecular complexity index is 230. The van der Waals surface area contributed by atoms with Crippen molar-refractivity contribution in [3.8, 4) is 0 Å². The molecular weight excluding hydrogens is 210 g/mol. The van der Waals surface area contributed by atoms with Crippen molar-refractivity contribution in [2.45, 2.75) is 20.3 Å². The number of ether oxygens (including phenoxy) is 2. The zero-order chi connectivity index (χ0) is 12.6. The van der Waals surface area contributed by atoms with Crippen molar-refractivity contribution < 1.29 is 19.1 Å². The second-order valence-corrected chi connectivity index (χ2v) is 3.82. The summed E-state index contributed by atoms with van der Waals surface area (Å²) in [5, 5.41) is 0. The van der Waals surface area contributed by atoms with E-state index < -0.39 is 0 Å². The molecule has 0 spiro atoms. The summed E-state index contributed by atoms with van der Waals surface area (Å²) in [6.45, 7) is 4.55. The van der Waals surface area contributed by atoms with E-state index in [-0.39, 0.29) is 24.3 Å². The van der Waals surface area contributed by atoms with Gasteiger partial charge in [-0.3, -0.25) is 9.59 Å². The summed E-state index contributed by atoms with van der Waals surface area (Å²) in [7, 11) is 3.20. The summed E-state index contributed by atoms with van der Waals surface area (Å²) in [4.78, 5) is 24.1. The summed E-state index contributed by atoms with van der Waals surface area (Å²) in [6, 6.07) is 0. The maximum atomic E-state index is 11.6. The van der Waals surface area contributed by atoms with Crippen molar-refractivity contribution in [2.24, 2.45) is 5.92 Å². The standard InChI is InChI=1S/C11H21NO4/c1-5-16-11(14)7-12(3)10(13)6-9(2)8-15-4/h9H,5-8H2,1-4H3. The molecule has 5 heteroatoms. The Kier molecular flexibility index (Phi) is 7.54. The van der Waals surface area contributed by atoms with Crippen LogP contribution in [0.4, 0.5) is 0 Å². The third-order valence-electron chi connectivity index (χ3n) is 2.07. The number of hydrogen-bond donors (Lipinski definition) is 0. The molecule has 0 aromatic carbocycles. The van der Waals surface area contributed by atoms with Crippen LogP contribution in [0.1, 0.15) is 20.3 Å². The van der Waals surface area contributed by atoms with Gasteiger partial charge in [0.2, 0.25) is 5.91 Å². The van der Waals surface area contributed by atoms with E-state index in [4.69, 9.17) is 9.47 Å². The van der Waals surface area contributed by atoms with Gasteiger partial charge in [-0.05, 0) is 12.8 Å². The Morgan fingerprint density at radius 2 is 2.00 bits per heavy atom. The highest BCUT2D eigenvalue weighted by atomic mass is 16.5. The number of amides is 1. The first-order valence-electron chi connectivity index (χ1n) is 5.39. The first kappa shape index (κ1) is 14.9. The van der Waals surface area contributed by atoms with E-state index in [0.717, 1.165) is 0 Å². The van der Waals surface area contributed by atoms with E-state index in [1.54, 1.807) is 21.1 Å². The molecule has 0 bridgehead atoms. The molecule has 1 amide bonds. The fourth-order valence-electron chi connectivity index (χ4n) is 1.29. The molecule has 0 aliphatic heterocycles. The lowest BCUT2D eigenvalue weighted by Crippen LogP contribution is -2.34. The first-order chi connectivity index (χ1) is 7.51. The number of carbonyl (C=O) groups excluding carboxylic acids is 2. The van der Waals surface area contributed by atoms with Gasteiger partial charge in [-0.1, -0.05) is 6.92 Å². The van der Waals surface area contributed by atoms with E-state index in [1.165, 1.54) is 4.90 Å². The summed E-state index contributed by atoms with van der Waals surface area (Å²) >= 11 is 0. The summed E-state index contributed by atoms with van der Waals surface area (Å²) in [5.41, 5.74) is 0. The molecule has 0 saturated carbocycles. The average Bonchev–Trinajstić information content (AvgIpc) is 2.17. The number of carbonyl (C=O) groups is 2. The number of hydrogen-bond acceptors (Lipinski definition) is 4. The molecule has 0 N–H and O–H groups in total. The molecule has 0 saturated heterocycles. The zero-order valence-electron chi connectivity index (χ0n) is 10.5. The van der Waals surface area contributed by atoms with E-state index in [2.05, 4.69) is 0 Å². The summed E-state index contributed by atoms with van der Waals surface area (Å²) < 4.78 is 9.70. The molecule has 0 radical (unpaired) electrons. The minimum Gasteiger partial charge on any atom is -0.465 e. The van der Waals surface area contributed by atoms with Gasteiger partial charge in [0.15, 0.2) is 0 Å². The van der Waals surface area contributed by atoms with Crippen molar-refractivity contribution in [3.05, 3.63) is 0 Å². The van der Waals surface area contributed by atoms with Crippen LogP contribution in [0.3, 0.4) is 0 Å². The molecule has 1 unspecified atom stereocenters. The van der Waals surface area contributed by atoms with Gasteiger partial charge in [0.1, 0.15) is 6.54 Å². The minimum atomic E-state index is -0.377. The number of esters is 1. The molecule has 0 aromatic heterocycles. The third kappa shape index (κ3) is 6.40. The molecular formula is C11H21NO4. The second-order valence-electron chi connectivity index (χ2n) is 3.82. The molecule has 94 valence electrons. The van der Waals surface area contributed by atoms with Crippen molar-refractivity contribution >= 4 is 11.9 Å². The maximum absolute atomic E-state index is 11.6. The van der Waals surface area contributed by atoms with Gasteiger partial charge in [0, 0.05) is 27.2 Å². The minimum absolute atomic E-state index is 0.00632. The predicted molar refractivity (Wildman–Crippen MR) is 59.9 cm³/mol. The highest BCUT2D eigenvalue weighted by molar-refractivity contribution is 5.81. The Hall–Kier alpha value is -1.10. The molecule has 0 heterocycles. The van der Waals surface area contributed by atoms with Crippen molar-refractivity contribution in [1.82, 2.24) is 4.90 Å². The summed E-state index contributed by atoms with van der Waals surface area (Å²) in [6.07, 6.45) is 0.379. The molecule has 0 aliphatic carbocycles. The zero-order valence-corrected chi connectivity index (χ0v) is 10.5. The third-order valence-corrected chi connectivity index (χ3v) is 2.07. The molecule has 0 rings (SSSR count). The molecule has 0 aliphatic rings. The number of rotatable bonds is 7. The monoisotopic (exact) mass is 231 g/mol. The van der Waals surface area contributed by atoms with Gasteiger partial charge in [0.05, 0.1) is 6.61 Å². The van der Waals surface area contributed by atoms with E-state index in [0.29, 0.717) is 19.6 Å². The second kappa shape index (κ2) is 8.10. The lowest BCUT2D eigenvalue weighted by molar-refractivity contribution is -0.148. The average molecular weight is 231 g/mol. The topological polar surface area (TPSA) is 55.8 Å². The first-order valence-corrected chi connectivity index (χ1v) is 5.39. The van der Waals surface area contributed by atoms with Gasteiger partial charge < -0.3 is 14.4 Å². The van der Waals surface area contributed by atoms with Crippen LogP contribution in [0.25, 0.3) is 0 Å². The van der Waals surface area contributed by atoms with Crippen LogP contribution in [-0.2, 0) is 19.1 Å². The number of nitrogens with zero attached hydrogens (tertiary/aromatic N) is 1. The lowest BCUT2D eigenvalue weighted by atomic mass is 10.1.